The second kappa shape index (κ2) is 24.2. The Balaban J connectivity index is 0.000000862. The fourth-order valence-corrected chi connectivity index (χ4v) is 7.39. The molecule has 0 amide bonds. The molecule has 310 valence electrons. The second-order valence-electron chi connectivity index (χ2n) is 13.0. The Kier molecular flexibility index (Phi) is 18.6. The van der Waals surface area contributed by atoms with E-state index >= 15 is 0 Å². The predicted molar refractivity (Wildman–Crippen MR) is 274 cm³/mol. The van der Waals surface area contributed by atoms with Gasteiger partial charge in [-0.3, -0.25) is 0 Å². The molecule has 0 N–H and O–H groups in total. The van der Waals surface area contributed by atoms with Gasteiger partial charge in [0.1, 0.15) is 0 Å². The van der Waals surface area contributed by atoms with Crippen molar-refractivity contribution in [2.45, 2.75) is 62.8 Å². The predicted octanol–water partition coefficient (Wildman–Crippen LogP) is 19.0. The smallest absolute Gasteiger partial charge is 0.0788 e. The van der Waals surface area contributed by atoms with E-state index in [2.05, 4.69) is 228 Å². The Hall–Kier alpha value is -6.90. The monoisotopic (exact) mass is 801 g/mol. The Morgan fingerprint density at radius 1 is 0.213 bits per heavy atom. The Labute approximate surface area is 367 Å². The van der Waals surface area contributed by atoms with E-state index in [1.165, 1.54) is 43.8 Å². The highest BCUT2D eigenvalue weighted by Crippen LogP contribution is 2.53. The molecule has 9 aromatic carbocycles. The highest BCUT2D eigenvalue weighted by molar-refractivity contribution is 6.23. The first-order valence-electron chi connectivity index (χ1n) is 21.8. The van der Waals surface area contributed by atoms with Crippen LogP contribution in [0.4, 0.5) is 34.1 Å². The van der Waals surface area contributed by atoms with Gasteiger partial charge in [-0.15, -0.1) is 0 Å². The SMILES string of the molecule is C.CC.CC.CC.CC.c1ccc(-c2ccc(N(c3ccccc3)c3c(N(c4ccccc4)c4ccc(-c5ccccc5)cc4)c4ccccc4c4ccccc34)cc2)cc1. The lowest BCUT2D eigenvalue weighted by atomic mass is 9.95. The van der Waals surface area contributed by atoms with Crippen LogP contribution in [0.25, 0.3) is 43.8 Å². The van der Waals surface area contributed by atoms with Gasteiger partial charge >= 0.3 is 0 Å². The van der Waals surface area contributed by atoms with E-state index in [-0.39, 0.29) is 7.43 Å². The van der Waals surface area contributed by atoms with E-state index in [0.29, 0.717) is 0 Å². The summed E-state index contributed by atoms with van der Waals surface area (Å²) >= 11 is 0. The summed E-state index contributed by atoms with van der Waals surface area (Å²) in [6, 6.07) is 78.3. The molecule has 0 bridgehead atoms. The zero-order valence-corrected chi connectivity index (χ0v) is 36.7. The van der Waals surface area contributed by atoms with Gasteiger partial charge in [0, 0.05) is 33.5 Å². The van der Waals surface area contributed by atoms with E-state index in [9.17, 15) is 0 Å². The molecule has 0 heterocycles. The van der Waals surface area contributed by atoms with Crippen LogP contribution in [0.5, 0.6) is 0 Å². The number of rotatable bonds is 8. The average Bonchev–Trinajstić information content (AvgIpc) is 3.36. The molecule has 2 nitrogen and oxygen atoms in total. The van der Waals surface area contributed by atoms with E-state index in [0.717, 1.165) is 34.1 Å². The van der Waals surface area contributed by atoms with Gasteiger partial charge in [0.15, 0.2) is 0 Å². The third kappa shape index (κ3) is 10.5. The van der Waals surface area contributed by atoms with Crippen LogP contribution in [0.15, 0.2) is 218 Å². The second-order valence-corrected chi connectivity index (χ2v) is 13.0. The van der Waals surface area contributed by atoms with Crippen LogP contribution >= 0.6 is 0 Å². The highest BCUT2D eigenvalue weighted by atomic mass is 15.2. The maximum atomic E-state index is 2.44. The Morgan fingerprint density at radius 3 is 0.721 bits per heavy atom. The molecule has 0 aliphatic rings. The first-order valence-corrected chi connectivity index (χ1v) is 21.8. The minimum Gasteiger partial charge on any atom is -0.308 e. The van der Waals surface area contributed by atoms with E-state index in [1.807, 2.05) is 55.4 Å². The molecule has 0 aromatic heterocycles. The van der Waals surface area contributed by atoms with Crippen molar-refractivity contribution in [2.75, 3.05) is 9.80 Å². The zero-order valence-electron chi connectivity index (χ0n) is 36.7. The molecule has 2 heteroatoms. The fraction of sp³-hybridized carbons (Fsp3) is 0.153. The lowest BCUT2D eigenvalue weighted by Gasteiger charge is -2.35. The molecule has 0 radical (unpaired) electrons. The van der Waals surface area contributed by atoms with Gasteiger partial charge in [0.25, 0.3) is 0 Å². The van der Waals surface area contributed by atoms with Crippen molar-refractivity contribution in [2.24, 2.45) is 0 Å². The van der Waals surface area contributed by atoms with Crippen molar-refractivity contribution in [1.82, 2.24) is 0 Å². The molecule has 0 saturated heterocycles. The summed E-state index contributed by atoms with van der Waals surface area (Å²) in [5, 5.41) is 4.78. The highest BCUT2D eigenvalue weighted by Gasteiger charge is 2.27. The van der Waals surface area contributed by atoms with Crippen molar-refractivity contribution in [1.29, 1.82) is 0 Å². The van der Waals surface area contributed by atoms with E-state index < -0.39 is 0 Å². The summed E-state index contributed by atoms with van der Waals surface area (Å²) in [5.74, 6) is 0. The van der Waals surface area contributed by atoms with Crippen molar-refractivity contribution < 1.29 is 0 Å². The van der Waals surface area contributed by atoms with Crippen LogP contribution in [0, 0.1) is 0 Å². The molecule has 61 heavy (non-hydrogen) atoms. The molecule has 0 saturated carbocycles. The third-order valence-electron chi connectivity index (χ3n) is 9.82. The molecular weight excluding hydrogens is 737 g/mol. The van der Waals surface area contributed by atoms with Crippen LogP contribution in [0.1, 0.15) is 62.8 Å². The standard InChI is InChI=1S/C50H36N2.4C2H6.CH4/c1-5-17-37(18-6-1)39-29-33-43(34-30-39)51(41-21-9-3-10-22-41)49-47-27-15-13-25-45(47)46-26-14-16-28-48(46)50(49)52(42-23-11-4-12-24-42)44-35-31-40(32-36-44)38-19-7-2-8-20-38;4*1-2;/h1-36H;4*1-2H3;1H4. The maximum absolute atomic E-state index is 2.44. The number of anilines is 6. The van der Waals surface area contributed by atoms with Gasteiger partial charge < -0.3 is 9.80 Å². The molecule has 0 unspecified atom stereocenters. The maximum Gasteiger partial charge on any atom is 0.0788 e. The number of nitrogens with zero attached hydrogens (tertiary/aromatic N) is 2. The van der Waals surface area contributed by atoms with Crippen LogP contribution < -0.4 is 9.80 Å². The van der Waals surface area contributed by atoms with Crippen molar-refractivity contribution in [3.63, 3.8) is 0 Å². The molecule has 0 spiro atoms. The number of benzene rings is 9. The lowest BCUT2D eigenvalue weighted by molar-refractivity contribution is 1.25. The van der Waals surface area contributed by atoms with Gasteiger partial charge in [-0.25, -0.2) is 0 Å². The normalized spacial score (nSPS) is 9.84. The molecule has 0 aliphatic heterocycles. The van der Waals surface area contributed by atoms with Crippen LogP contribution in [-0.2, 0) is 0 Å². The number of para-hydroxylation sites is 2. The topological polar surface area (TPSA) is 6.48 Å². The largest absolute Gasteiger partial charge is 0.308 e. The van der Waals surface area contributed by atoms with Crippen molar-refractivity contribution in [3.8, 4) is 22.3 Å². The summed E-state index contributed by atoms with van der Waals surface area (Å²) in [5.41, 5.74) is 11.3. The van der Waals surface area contributed by atoms with Gasteiger partial charge in [-0.05, 0) is 81.6 Å². The summed E-state index contributed by atoms with van der Waals surface area (Å²) in [6.07, 6.45) is 0. The first-order chi connectivity index (χ1) is 29.8. The zero-order chi connectivity index (χ0) is 42.7. The van der Waals surface area contributed by atoms with Gasteiger partial charge in [-0.2, -0.15) is 0 Å². The summed E-state index contributed by atoms with van der Waals surface area (Å²) in [7, 11) is 0. The third-order valence-corrected chi connectivity index (χ3v) is 9.82. The quantitative estimate of drug-likeness (QED) is 0.112. The van der Waals surface area contributed by atoms with Crippen LogP contribution in [0.2, 0.25) is 0 Å². The average molecular weight is 801 g/mol. The van der Waals surface area contributed by atoms with E-state index in [1.54, 1.807) is 0 Å². The minimum absolute atomic E-state index is 0. The fourth-order valence-electron chi connectivity index (χ4n) is 7.39. The lowest BCUT2D eigenvalue weighted by Crippen LogP contribution is -2.18. The summed E-state index contributed by atoms with van der Waals surface area (Å²) < 4.78 is 0. The first kappa shape index (κ1) is 46.8. The Bertz CT molecular complexity index is 2400. The minimum atomic E-state index is 0. The van der Waals surface area contributed by atoms with E-state index in [4.69, 9.17) is 0 Å². The van der Waals surface area contributed by atoms with Crippen LogP contribution in [0.3, 0.4) is 0 Å². The molecule has 9 rings (SSSR count). The number of fused-ring (bicyclic) bond motifs is 3. The van der Waals surface area contributed by atoms with Crippen molar-refractivity contribution in [3.05, 3.63) is 218 Å². The van der Waals surface area contributed by atoms with Gasteiger partial charge in [0.05, 0.1) is 11.4 Å². The number of hydrogen-bond donors (Lipinski definition) is 0. The molecule has 0 fully saturated rings. The van der Waals surface area contributed by atoms with Crippen LogP contribution in [-0.4, -0.2) is 0 Å². The van der Waals surface area contributed by atoms with Gasteiger partial charge in [-0.1, -0.05) is 233 Å². The molecule has 0 aliphatic carbocycles. The summed E-state index contributed by atoms with van der Waals surface area (Å²) in [6.45, 7) is 16.0. The van der Waals surface area contributed by atoms with Crippen molar-refractivity contribution >= 4 is 55.7 Å². The number of hydrogen-bond acceptors (Lipinski definition) is 2. The molecule has 0 atom stereocenters. The Morgan fingerprint density at radius 2 is 0.426 bits per heavy atom. The van der Waals surface area contributed by atoms with Gasteiger partial charge in [0.2, 0.25) is 0 Å². The molecular formula is C59H64N2. The molecule has 9 aromatic rings. The summed E-state index contributed by atoms with van der Waals surface area (Å²) in [4.78, 5) is 4.88.